The highest BCUT2D eigenvalue weighted by Crippen LogP contribution is 2.31. The molecule has 22 heavy (non-hydrogen) atoms. The van der Waals surface area contributed by atoms with Gasteiger partial charge in [-0.2, -0.15) is 5.10 Å². The van der Waals surface area contributed by atoms with Gasteiger partial charge >= 0.3 is 0 Å². The molecule has 0 aromatic carbocycles. The lowest BCUT2D eigenvalue weighted by molar-refractivity contribution is 0.137. The van der Waals surface area contributed by atoms with Gasteiger partial charge in [0.1, 0.15) is 0 Å². The monoisotopic (exact) mass is 296 g/mol. The van der Waals surface area contributed by atoms with E-state index in [2.05, 4.69) is 39.3 Å². The Bertz CT molecular complexity index is 774. The van der Waals surface area contributed by atoms with Crippen LogP contribution in [0.5, 0.6) is 0 Å². The van der Waals surface area contributed by atoms with Gasteiger partial charge in [-0.15, -0.1) is 0 Å². The van der Waals surface area contributed by atoms with Gasteiger partial charge < -0.3 is 0 Å². The van der Waals surface area contributed by atoms with Crippen LogP contribution in [0.1, 0.15) is 42.3 Å². The van der Waals surface area contributed by atoms with E-state index >= 15 is 0 Å². The Kier molecular flexibility index (Phi) is 3.38. The summed E-state index contributed by atoms with van der Waals surface area (Å²) < 4.78 is 1.96. The van der Waals surface area contributed by atoms with Crippen LogP contribution in [0.3, 0.4) is 0 Å². The molecule has 4 rings (SSSR count). The number of fused-ring (bicyclic) bond motifs is 1. The quantitative estimate of drug-likeness (QED) is 0.806. The number of aromatic amines is 1. The molecule has 4 heterocycles. The third-order valence-corrected chi connectivity index (χ3v) is 4.55. The van der Waals surface area contributed by atoms with Crippen LogP contribution < -0.4 is 0 Å². The molecule has 0 bridgehead atoms. The Morgan fingerprint density at radius 1 is 1.32 bits per heavy atom. The molecule has 1 N–H and O–H groups in total. The second-order valence-electron chi connectivity index (χ2n) is 5.99. The van der Waals surface area contributed by atoms with Crippen molar-refractivity contribution in [3.05, 3.63) is 47.8 Å². The maximum absolute atomic E-state index is 4.75. The number of rotatable bonds is 3. The highest BCUT2D eigenvalue weighted by molar-refractivity contribution is 5.30. The van der Waals surface area contributed by atoms with Crippen LogP contribution >= 0.6 is 0 Å². The molecule has 114 valence electrons. The zero-order chi connectivity index (χ0) is 14.9. The number of likely N-dealkylation sites (tertiary alicyclic amines) is 1. The second kappa shape index (κ2) is 5.53. The lowest BCUT2D eigenvalue weighted by atomic mass is 9.98. The van der Waals surface area contributed by atoms with Gasteiger partial charge in [0.2, 0.25) is 5.78 Å². The van der Waals surface area contributed by atoms with Crippen LogP contribution in [-0.4, -0.2) is 36.0 Å². The Hall–Kier alpha value is -2.21. The van der Waals surface area contributed by atoms with Gasteiger partial charge in [-0.1, -0.05) is 6.42 Å². The summed E-state index contributed by atoms with van der Waals surface area (Å²) in [6.07, 6.45) is 11.4. The highest BCUT2D eigenvalue weighted by Gasteiger charge is 2.26. The molecule has 1 atom stereocenters. The minimum Gasteiger partial charge on any atom is -0.291 e. The SMILES string of the molecule is Cc1[nH]ncc1CN1CCCC[C@@H]1c1ccn2ccnc2n1. The van der Waals surface area contributed by atoms with Crippen molar-refractivity contribution in [1.82, 2.24) is 29.5 Å². The smallest absolute Gasteiger partial charge is 0.233 e. The molecule has 1 aliphatic rings. The van der Waals surface area contributed by atoms with Gasteiger partial charge in [0.15, 0.2) is 0 Å². The minimum atomic E-state index is 0.366. The number of imidazole rings is 1. The molecule has 6 nitrogen and oxygen atoms in total. The molecule has 0 amide bonds. The summed E-state index contributed by atoms with van der Waals surface area (Å²) in [5, 5.41) is 7.17. The summed E-state index contributed by atoms with van der Waals surface area (Å²) in [5.41, 5.74) is 3.55. The first-order chi connectivity index (χ1) is 10.8. The summed E-state index contributed by atoms with van der Waals surface area (Å²) in [6, 6.07) is 2.49. The van der Waals surface area contributed by atoms with E-state index in [1.165, 1.54) is 18.4 Å². The summed E-state index contributed by atoms with van der Waals surface area (Å²) in [4.78, 5) is 11.6. The lowest BCUT2D eigenvalue weighted by Gasteiger charge is -2.35. The van der Waals surface area contributed by atoms with E-state index in [1.807, 2.05) is 16.8 Å². The Morgan fingerprint density at radius 2 is 2.27 bits per heavy atom. The predicted octanol–water partition coefficient (Wildman–Crippen LogP) is 2.49. The summed E-state index contributed by atoms with van der Waals surface area (Å²) in [7, 11) is 0. The van der Waals surface area contributed by atoms with Crippen LogP contribution in [0, 0.1) is 6.92 Å². The Labute approximate surface area is 129 Å². The topological polar surface area (TPSA) is 62.1 Å². The van der Waals surface area contributed by atoms with Gasteiger partial charge in [0.05, 0.1) is 17.9 Å². The Balaban J connectivity index is 1.63. The van der Waals surface area contributed by atoms with Crippen molar-refractivity contribution >= 4 is 5.78 Å². The number of hydrogen-bond acceptors (Lipinski definition) is 4. The van der Waals surface area contributed by atoms with E-state index in [9.17, 15) is 0 Å². The lowest BCUT2D eigenvalue weighted by Crippen LogP contribution is -2.33. The number of nitrogens with zero attached hydrogens (tertiary/aromatic N) is 5. The molecule has 1 fully saturated rings. The average Bonchev–Trinajstić information content (AvgIpc) is 3.16. The van der Waals surface area contributed by atoms with Crippen LogP contribution in [0.2, 0.25) is 0 Å². The zero-order valence-electron chi connectivity index (χ0n) is 12.7. The molecular formula is C16H20N6. The van der Waals surface area contributed by atoms with Gasteiger partial charge in [0.25, 0.3) is 0 Å². The molecule has 0 aliphatic carbocycles. The number of nitrogens with one attached hydrogen (secondary N) is 1. The molecule has 0 saturated carbocycles. The van der Waals surface area contributed by atoms with Gasteiger partial charge in [-0.25, -0.2) is 9.97 Å². The molecule has 0 radical (unpaired) electrons. The number of H-pyrrole nitrogens is 1. The van der Waals surface area contributed by atoms with Gasteiger partial charge in [0, 0.05) is 36.4 Å². The molecule has 1 saturated heterocycles. The number of aromatic nitrogens is 5. The van der Waals surface area contributed by atoms with Crippen molar-refractivity contribution in [1.29, 1.82) is 0 Å². The van der Waals surface area contributed by atoms with Crippen LogP contribution in [0.15, 0.2) is 30.9 Å². The van der Waals surface area contributed by atoms with Crippen molar-refractivity contribution < 1.29 is 0 Å². The maximum atomic E-state index is 4.75. The van der Waals surface area contributed by atoms with Crippen LogP contribution in [-0.2, 0) is 6.54 Å². The Morgan fingerprint density at radius 3 is 3.14 bits per heavy atom. The minimum absolute atomic E-state index is 0.366. The largest absolute Gasteiger partial charge is 0.291 e. The summed E-state index contributed by atoms with van der Waals surface area (Å²) in [5.74, 6) is 0.780. The highest BCUT2D eigenvalue weighted by atomic mass is 15.2. The van der Waals surface area contributed by atoms with Crippen molar-refractivity contribution in [3.8, 4) is 0 Å². The van der Waals surface area contributed by atoms with E-state index in [1.54, 1.807) is 6.20 Å². The average molecular weight is 296 g/mol. The number of hydrogen-bond donors (Lipinski definition) is 1. The molecule has 0 unspecified atom stereocenters. The third kappa shape index (κ3) is 2.39. The van der Waals surface area contributed by atoms with Crippen molar-refractivity contribution in [2.45, 2.75) is 38.8 Å². The fourth-order valence-corrected chi connectivity index (χ4v) is 3.27. The standard InChI is InChI=1S/C16H20N6/c1-12-13(10-18-20-12)11-22-7-3-2-4-15(22)14-5-8-21-9-6-17-16(21)19-14/h5-6,8-10,15H,2-4,7,11H2,1H3,(H,18,20)/t15-/m1/s1. The van der Waals surface area contributed by atoms with Crippen molar-refractivity contribution in [2.75, 3.05) is 6.54 Å². The van der Waals surface area contributed by atoms with E-state index < -0.39 is 0 Å². The summed E-state index contributed by atoms with van der Waals surface area (Å²) in [6.45, 7) is 4.11. The maximum Gasteiger partial charge on any atom is 0.233 e. The fourth-order valence-electron chi connectivity index (χ4n) is 3.27. The zero-order valence-corrected chi connectivity index (χ0v) is 12.7. The predicted molar refractivity (Wildman–Crippen MR) is 83.3 cm³/mol. The number of piperidine rings is 1. The number of aryl methyl sites for hydroxylation is 1. The van der Waals surface area contributed by atoms with Crippen molar-refractivity contribution in [3.63, 3.8) is 0 Å². The fraction of sp³-hybridized carbons (Fsp3) is 0.438. The van der Waals surface area contributed by atoms with E-state index in [0.29, 0.717) is 6.04 Å². The molecule has 6 heteroatoms. The summed E-state index contributed by atoms with van der Waals surface area (Å²) >= 11 is 0. The van der Waals surface area contributed by atoms with Crippen molar-refractivity contribution in [2.24, 2.45) is 0 Å². The molecule has 3 aromatic heterocycles. The van der Waals surface area contributed by atoms with E-state index in [0.717, 1.165) is 36.7 Å². The molecular weight excluding hydrogens is 276 g/mol. The first kappa shape index (κ1) is 13.5. The first-order valence-electron chi connectivity index (χ1n) is 7.84. The first-order valence-corrected chi connectivity index (χ1v) is 7.84. The van der Waals surface area contributed by atoms with Gasteiger partial charge in [-0.3, -0.25) is 14.4 Å². The normalized spacial score (nSPS) is 19.8. The third-order valence-electron chi connectivity index (χ3n) is 4.55. The second-order valence-corrected chi connectivity index (χ2v) is 5.99. The van der Waals surface area contributed by atoms with E-state index in [4.69, 9.17) is 4.98 Å². The van der Waals surface area contributed by atoms with E-state index in [-0.39, 0.29) is 0 Å². The van der Waals surface area contributed by atoms with Crippen LogP contribution in [0.4, 0.5) is 0 Å². The van der Waals surface area contributed by atoms with Gasteiger partial charge in [-0.05, 0) is 32.4 Å². The molecule has 3 aromatic rings. The van der Waals surface area contributed by atoms with Crippen LogP contribution in [0.25, 0.3) is 5.78 Å². The molecule has 0 spiro atoms. The molecule has 1 aliphatic heterocycles.